The van der Waals surface area contributed by atoms with E-state index in [0.717, 1.165) is 23.4 Å². The molecule has 0 saturated carbocycles. The highest BCUT2D eigenvalue weighted by Crippen LogP contribution is 2.32. The molecule has 0 bridgehead atoms. The number of ether oxygens (including phenoxy) is 1. The van der Waals surface area contributed by atoms with Crippen molar-refractivity contribution in [2.75, 3.05) is 31.2 Å². The van der Waals surface area contributed by atoms with Gasteiger partial charge in [-0.3, -0.25) is 0 Å². The van der Waals surface area contributed by atoms with Crippen molar-refractivity contribution in [3.05, 3.63) is 51.9 Å². The third kappa shape index (κ3) is 3.63. The van der Waals surface area contributed by atoms with Crippen LogP contribution in [0.2, 0.25) is 0 Å². The highest BCUT2D eigenvalue weighted by Gasteiger charge is 2.18. The molecule has 0 N–H and O–H groups in total. The van der Waals surface area contributed by atoms with Crippen molar-refractivity contribution in [3.63, 3.8) is 0 Å². The lowest BCUT2D eigenvalue weighted by Crippen LogP contribution is -2.36. The van der Waals surface area contributed by atoms with Crippen LogP contribution in [0.3, 0.4) is 0 Å². The summed E-state index contributed by atoms with van der Waals surface area (Å²) in [4.78, 5) is 2.09. The van der Waals surface area contributed by atoms with Crippen molar-refractivity contribution in [1.29, 1.82) is 5.26 Å². The summed E-state index contributed by atoms with van der Waals surface area (Å²) in [5.41, 5.74) is 1.06. The second-order valence-corrected chi connectivity index (χ2v) is 5.93. The van der Waals surface area contributed by atoms with Crippen LogP contribution in [-0.2, 0) is 4.74 Å². The average molecular weight is 377 g/mol. The van der Waals surface area contributed by atoms with Gasteiger partial charge in [0.25, 0.3) is 0 Å². The van der Waals surface area contributed by atoms with Crippen molar-refractivity contribution in [3.8, 4) is 6.07 Å². The fourth-order valence-electron chi connectivity index (χ4n) is 2.38. The van der Waals surface area contributed by atoms with E-state index in [9.17, 15) is 9.65 Å². The molecule has 2 heterocycles. The van der Waals surface area contributed by atoms with Crippen LogP contribution in [0.15, 0.2) is 39.2 Å². The first-order valence-corrected chi connectivity index (χ1v) is 7.96. The van der Waals surface area contributed by atoms with E-state index in [1.54, 1.807) is 18.2 Å². The Kier molecular flexibility index (Phi) is 4.79. The number of nitriles is 1. The van der Waals surface area contributed by atoms with E-state index in [1.807, 2.05) is 6.07 Å². The first-order valence-electron chi connectivity index (χ1n) is 7.17. The number of anilines is 1. The maximum atomic E-state index is 13.0. The Balaban J connectivity index is 1.88. The Morgan fingerprint density at radius 2 is 1.96 bits per heavy atom. The molecular formula is C17H14BrFN2O2. The molecule has 4 nitrogen and oxygen atoms in total. The molecule has 0 spiro atoms. The summed E-state index contributed by atoms with van der Waals surface area (Å²) in [6, 6.07) is 9.76. The zero-order valence-corrected chi connectivity index (χ0v) is 13.8. The molecule has 1 aliphatic heterocycles. The molecule has 3 rings (SSSR count). The Hall–Kier alpha value is -2.10. The van der Waals surface area contributed by atoms with Crippen LogP contribution in [-0.4, -0.2) is 26.3 Å². The van der Waals surface area contributed by atoms with Crippen molar-refractivity contribution >= 4 is 33.5 Å². The van der Waals surface area contributed by atoms with Crippen LogP contribution in [0, 0.1) is 17.1 Å². The SMILES string of the molecule is N#CC(=Cc1cc(Br)c(N2CCOCC2)o1)c1ccc(F)cc1. The van der Waals surface area contributed by atoms with Gasteiger partial charge in [-0.15, -0.1) is 0 Å². The van der Waals surface area contributed by atoms with E-state index in [1.165, 1.54) is 12.1 Å². The lowest BCUT2D eigenvalue weighted by molar-refractivity contribution is 0.120. The highest BCUT2D eigenvalue weighted by atomic mass is 79.9. The Bertz CT molecular complexity index is 756. The Morgan fingerprint density at radius 1 is 1.26 bits per heavy atom. The molecule has 2 aromatic rings. The first kappa shape index (κ1) is 15.8. The van der Waals surface area contributed by atoms with Crippen LogP contribution < -0.4 is 4.90 Å². The van der Waals surface area contributed by atoms with Gasteiger partial charge in [0.2, 0.25) is 5.88 Å². The van der Waals surface area contributed by atoms with Crippen molar-refractivity contribution < 1.29 is 13.5 Å². The van der Waals surface area contributed by atoms with Gasteiger partial charge in [0.15, 0.2) is 0 Å². The van der Waals surface area contributed by atoms with E-state index in [4.69, 9.17) is 9.15 Å². The number of halogens is 2. The van der Waals surface area contributed by atoms with Crippen LogP contribution in [0.5, 0.6) is 0 Å². The summed E-state index contributed by atoms with van der Waals surface area (Å²) in [6.07, 6.45) is 1.65. The molecular weight excluding hydrogens is 363 g/mol. The van der Waals surface area contributed by atoms with Crippen LogP contribution in [0.25, 0.3) is 11.6 Å². The molecule has 0 radical (unpaired) electrons. The molecule has 0 atom stereocenters. The molecule has 1 aromatic heterocycles. The summed E-state index contributed by atoms with van der Waals surface area (Å²) in [6.45, 7) is 2.85. The number of morpholine rings is 1. The van der Waals surface area contributed by atoms with Gasteiger partial charge in [-0.2, -0.15) is 5.26 Å². The molecule has 0 amide bonds. The number of furan rings is 1. The van der Waals surface area contributed by atoms with Gasteiger partial charge in [0.1, 0.15) is 11.6 Å². The van der Waals surface area contributed by atoms with E-state index in [0.29, 0.717) is 30.1 Å². The number of hydrogen-bond acceptors (Lipinski definition) is 4. The summed E-state index contributed by atoms with van der Waals surface area (Å²) in [7, 11) is 0. The maximum absolute atomic E-state index is 13.0. The quantitative estimate of drug-likeness (QED) is 0.757. The minimum atomic E-state index is -0.332. The van der Waals surface area contributed by atoms with Crippen LogP contribution >= 0.6 is 15.9 Å². The number of benzene rings is 1. The summed E-state index contributed by atoms with van der Waals surface area (Å²) in [5, 5.41) is 9.34. The van der Waals surface area contributed by atoms with Gasteiger partial charge in [-0.1, -0.05) is 12.1 Å². The zero-order chi connectivity index (χ0) is 16.2. The number of nitrogens with zero attached hydrogens (tertiary/aromatic N) is 2. The van der Waals surface area contributed by atoms with E-state index >= 15 is 0 Å². The Morgan fingerprint density at radius 3 is 2.61 bits per heavy atom. The molecule has 1 saturated heterocycles. The van der Waals surface area contributed by atoms with Crippen molar-refractivity contribution in [2.45, 2.75) is 0 Å². The predicted molar refractivity (Wildman–Crippen MR) is 89.3 cm³/mol. The van der Waals surface area contributed by atoms with E-state index < -0.39 is 0 Å². The molecule has 1 aromatic carbocycles. The minimum Gasteiger partial charge on any atom is -0.440 e. The smallest absolute Gasteiger partial charge is 0.210 e. The summed E-state index contributed by atoms with van der Waals surface area (Å²) < 4.78 is 25.0. The lowest BCUT2D eigenvalue weighted by Gasteiger charge is -2.26. The zero-order valence-electron chi connectivity index (χ0n) is 12.3. The topological polar surface area (TPSA) is 49.4 Å². The minimum absolute atomic E-state index is 0.332. The predicted octanol–water partition coefficient (Wildman–Crippen LogP) is 4.08. The van der Waals surface area contributed by atoms with Crippen molar-refractivity contribution in [2.24, 2.45) is 0 Å². The molecule has 1 fully saturated rings. The fraction of sp³-hybridized carbons (Fsp3) is 0.235. The summed E-state index contributed by atoms with van der Waals surface area (Å²) in [5.74, 6) is 0.969. The largest absolute Gasteiger partial charge is 0.440 e. The monoisotopic (exact) mass is 376 g/mol. The van der Waals surface area contributed by atoms with Gasteiger partial charge < -0.3 is 14.1 Å². The number of allylic oxidation sites excluding steroid dienone is 1. The molecule has 1 aliphatic rings. The van der Waals surface area contributed by atoms with Gasteiger partial charge in [-0.05, 0) is 39.7 Å². The molecule has 118 valence electrons. The second-order valence-electron chi connectivity index (χ2n) is 5.08. The third-order valence-electron chi connectivity index (χ3n) is 3.55. The van der Waals surface area contributed by atoms with Gasteiger partial charge in [-0.25, -0.2) is 4.39 Å². The van der Waals surface area contributed by atoms with Gasteiger partial charge in [0, 0.05) is 19.2 Å². The van der Waals surface area contributed by atoms with Gasteiger partial charge in [0.05, 0.1) is 29.3 Å². The normalized spacial score (nSPS) is 15.5. The standard InChI is InChI=1S/C17H14BrFN2O2/c18-16-10-15(23-17(16)21-5-7-22-8-6-21)9-13(11-20)12-1-3-14(19)4-2-12/h1-4,9-10H,5-8H2. The maximum Gasteiger partial charge on any atom is 0.210 e. The van der Waals surface area contributed by atoms with Gasteiger partial charge >= 0.3 is 0 Å². The number of rotatable bonds is 3. The lowest BCUT2D eigenvalue weighted by atomic mass is 10.1. The molecule has 23 heavy (non-hydrogen) atoms. The average Bonchev–Trinajstić information content (AvgIpc) is 2.95. The molecule has 0 aliphatic carbocycles. The van der Waals surface area contributed by atoms with Crippen LogP contribution in [0.1, 0.15) is 11.3 Å². The highest BCUT2D eigenvalue weighted by molar-refractivity contribution is 9.10. The third-order valence-corrected chi connectivity index (χ3v) is 4.12. The molecule has 6 heteroatoms. The summed E-state index contributed by atoms with van der Waals surface area (Å²) >= 11 is 3.49. The fourth-order valence-corrected chi connectivity index (χ4v) is 2.94. The number of hydrogen-bond donors (Lipinski definition) is 0. The van der Waals surface area contributed by atoms with Crippen LogP contribution in [0.4, 0.5) is 10.3 Å². The second kappa shape index (κ2) is 6.99. The van der Waals surface area contributed by atoms with E-state index in [-0.39, 0.29) is 5.82 Å². The first-order chi connectivity index (χ1) is 11.2. The van der Waals surface area contributed by atoms with E-state index in [2.05, 4.69) is 26.9 Å². The molecule has 0 unspecified atom stereocenters. The van der Waals surface area contributed by atoms with Crippen molar-refractivity contribution in [1.82, 2.24) is 0 Å². The Labute approximate surface area is 141 Å².